The van der Waals surface area contributed by atoms with Gasteiger partial charge < -0.3 is 14.4 Å². The van der Waals surface area contributed by atoms with Gasteiger partial charge in [-0.05, 0) is 17.7 Å². The van der Waals surface area contributed by atoms with Crippen LogP contribution in [-0.4, -0.2) is 34.6 Å². The molecule has 1 aromatic heterocycles. The number of aromatic amines is 1. The van der Waals surface area contributed by atoms with Gasteiger partial charge in [0, 0.05) is 14.0 Å². The van der Waals surface area contributed by atoms with E-state index in [1.54, 1.807) is 25.2 Å². The highest BCUT2D eigenvalue weighted by molar-refractivity contribution is 5.75. The van der Waals surface area contributed by atoms with Crippen molar-refractivity contribution in [2.45, 2.75) is 13.0 Å². The highest BCUT2D eigenvalue weighted by Crippen LogP contribution is 2.22. The van der Waals surface area contributed by atoms with Gasteiger partial charge in [0.1, 0.15) is 0 Å². The molecule has 0 aliphatic heterocycles. The standard InChI is InChI=1S/C12H14N2O4/c1-7(16)14(2)10(6-15)8-3-4-11-9(5-8)13-12(17)18-11/h3-5,10,15H,6H2,1-2H3,(H,13,17). The van der Waals surface area contributed by atoms with Crippen molar-refractivity contribution >= 4 is 17.0 Å². The summed E-state index contributed by atoms with van der Waals surface area (Å²) in [5.74, 6) is -0.669. The minimum Gasteiger partial charge on any atom is -0.408 e. The first-order valence-corrected chi connectivity index (χ1v) is 5.50. The Hall–Kier alpha value is -2.08. The molecular weight excluding hydrogens is 236 g/mol. The zero-order chi connectivity index (χ0) is 13.3. The zero-order valence-corrected chi connectivity index (χ0v) is 10.1. The number of hydrogen-bond acceptors (Lipinski definition) is 4. The molecule has 6 heteroatoms. The second-order valence-electron chi connectivity index (χ2n) is 4.10. The summed E-state index contributed by atoms with van der Waals surface area (Å²) in [5.41, 5.74) is 1.73. The number of nitrogens with one attached hydrogen (secondary N) is 1. The average molecular weight is 250 g/mol. The molecule has 1 atom stereocenters. The van der Waals surface area contributed by atoms with Gasteiger partial charge >= 0.3 is 5.76 Å². The number of benzene rings is 1. The van der Waals surface area contributed by atoms with E-state index in [1.807, 2.05) is 0 Å². The Morgan fingerprint density at radius 1 is 1.56 bits per heavy atom. The van der Waals surface area contributed by atoms with Gasteiger partial charge in [0.2, 0.25) is 5.91 Å². The third kappa shape index (κ3) is 2.14. The van der Waals surface area contributed by atoms with Crippen LogP contribution in [0.1, 0.15) is 18.5 Å². The van der Waals surface area contributed by atoms with Crippen molar-refractivity contribution in [1.29, 1.82) is 0 Å². The van der Waals surface area contributed by atoms with E-state index >= 15 is 0 Å². The molecule has 0 spiro atoms. The number of aliphatic hydroxyl groups excluding tert-OH is 1. The van der Waals surface area contributed by atoms with Gasteiger partial charge in [-0.15, -0.1) is 0 Å². The number of carbonyl (C=O) groups is 1. The predicted octanol–water partition coefficient (Wildman–Crippen LogP) is 0.633. The highest BCUT2D eigenvalue weighted by Gasteiger charge is 2.19. The second kappa shape index (κ2) is 4.66. The van der Waals surface area contributed by atoms with Crippen LogP contribution in [0.3, 0.4) is 0 Å². The van der Waals surface area contributed by atoms with E-state index < -0.39 is 11.8 Å². The highest BCUT2D eigenvalue weighted by atomic mass is 16.4. The molecule has 0 radical (unpaired) electrons. The molecule has 1 aromatic carbocycles. The third-order valence-corrected chi connectivity index (χ3v) is 2.96. The molecule has 2 rings (SSSR count). The Morgan fingerprint density at radius 3 is 2.89 bits per heavy atom. The van der Waals surface area contributed by atoms with Crippen molar-refractivity contribution in [3.63, 3.8) is 0 Å². The van der Waals surface area contributed by atoms with Crippen LogP contribution in [-0.2, 0) is 4.79 Å². The monoisotopic (exact) mass is 250 g/mol. The number of H-pyrrole nitrogens is 1. The van der Waals surface area contributed by atoms with Gasteiger partial charge in [-0.1, -0.05) is 6.07 Å². The molecule has 0 aliphatic carbocycles. The first-order valence-electron chi connectivity index (χ1n) is 5.50. The second-order valence-corrected chi connectivity index (χ2v) is 4.10. The number of likely N-dealkylation sites (N-methyl/N-ethyl adjacent to an activating group) is 1. The lowest BCUT2D eigenvalue weighted by Crippen LogP contribution is -2.31. The van der Waals surface area contributed by atoms with E-state index in [2.05, 4.69) is 4.98 Å². The Bertz CT molecular complexity index is 628. The van der Waals surface area contributed by atoms with Gasteiger partial charge in [-0.3, -0.25) is 9.78 Å². The van der Waals surface area contributed by atoms with Crippen LogP contribution in [0, 0.1) is 0 Å². The lowest BCUT2D eigenvalue weighted by Gasteiger charge is -2.25. The third-order valence-electron chi connectivity index (χ3n) is 2.96. The Labute approximate surface area is 103 Å². The van der Waals surface area contributed by atoms with Crippen LogP contribution in [0.4, 0.5) is 0 Å². The summed E-state index contributed by atoms with van der Waals surface area (Å²) in [4.78, 5) is 26.4. The van der Waals surface area contributed by atoms with Crippen molar-refractivity contribution in [2.24, 2.45) is 0 Å². The molecular formula is C12H14N2O4. The Morgan fingerprint density at radius 2 is 2.28 bits per heavy atom. The Kier molecular flexibility index (Phi) is 3.20. The summed E-state index contributed by atoms with van der Waals surface area (Å²) < 4.78 is 4.89. The van der Waals surface area contributed by atoms with Crippen LogP contribution < -0.4 is 5.76 Å². The van der Waals surface area contributed by atoms with Crippen LogP contribution in [0.15, 0.2) is 27.4 Å². The maximum atomic E-state index is 11.3. The summed E-state index contributed by atoms with van der Waals surface area (Å²) in [7, 11) is 1.62. The van der Waals surface area contributed by atoms with Crippen LogP contribution in [0.5, 0.6) is 0 Å². The molecule has 0 bridgehead atoms. The number of aromatic nitrogens is 1. The molecule has 18 heavy (non-hydrogen) atoms. The lowest BCUT2D eigenvalue weighted by molar-refractivity contribution is -0.130. The predicted molar refractivity (Wildman–Crippen MR) is 65.1 cm³/mol. The first kappa shape index (κ1) is 12.4. The number of amides is 1. The maximum absolute atomic E-state index is 11.3. The van der Waals surface area contributed by atoms with Crippen molar-refractivity contribution < 1.29 is 14.3 Å². The number of rotatable bonds is 3. The maximum Gasteiger partial charge on any atom is 0.417 e. The largest absolute Gasteiger partial charge is 0.417 e. The molecule has 2 aromatic rings. The number of aliphatic hydroxyl groups is 1. The zero-order valence-electron chi connectivity index (χ0n) is 10.1. The van der Waals surface area contributed by atoms with Crippen LogP contribution in [0.2, 0.25) is 0 Å². The quantitative estimate of drug-likeness (QED) is 0.836. The van der Waals surface area contributed by atoms with E-state index in [0.717, 1.165) is 5.56 Å². The SMILES string of the molecule is CC(=O)N(C)C(CO)c1ccc2oc(=O)[nH]c2c1. The summed E-state index contributed by atoms with van der Waals surface area (Å²) in [6.07, 6.45) is 0. The topological polar surface area (TPSA) is 86.5 Å². The van der Waals surface area contributed by atoms with Crippen LogP contribution >= 0.6 is 0 Å². The van der Waals surface area contributed by atoms with Gasteiger partial charge in [0.05, 0.1) is 18.2 Å². The number of nitrogens with zero attached hydrogens (tertiary/aromatic N) is 1. The van der Waals surface area contributed by atoms with Crippen molar-refractivity contribution in [1.82, 2.24) is 9.88 Å². The fourth-order valence-electron chi connectivity index (χ4n) is 1.85. The minimum absolute atomic E-state index is 0.144. The number of hydrogen-bond donors (Lipinski definition) is 2. The molecule has 6 nitrogen and oxygen atoms in total. The average Bonchev–Trinajstić information content (AvgIpc) is 2.69. The molecule has 1 unspecified atom stereocenters. The van der Waals surface area contributed by atoms with Gasteiger partial charge in [-0.25, -0.2) is 4.79 Å². The van der Waals surface area contributed by atoms with E-state index in [4.69, 9.17) is 4.42 Å². The van der Waals surface area contributed by atoms with E-state index in [-0.39, 0.29) is 12.5 Å². The smallest absolute Gasteiger partial charge is 0.408 e. The van der Waals surface area contributed by atoms with E-state index in [0.29, 0.717) is 11.1 Å². The summed E-state index contributed by atoms with van der Waals surface area (Å²) >= 11 is 0. The first-order chi connectivity index (χ1) is 8.52. The molecule has 0 saturated carbocycles. The molecule has 0 saturated heterocycles. The minimum atomic E-state index is -0.525. The fraction of sp³-hybridized carbons (Fsp3) is 0.333. The summed E-state index contributed by atoms with van der Waals surface area (Å²) in [5, 5.41) is 9.39. The molecule has 1 amide bonds. The van der Waals surface area contributed by atoms with Gasteiger partial charge in [0.25, 0.3) is 0 Å². The molecule has 96 valence electrons. The Balaban J connectivity index is 2.44. The lowest BCUT2D eigenvalue weighted by atomic mass is 10.1. The number of carbonyl (C=O) groups excluding carboxylic acids is 1. The van der Waals surface area contributed by atoms with Crippen LogP contribution in [0.25, 0.3) is 11.1 Å². The molecule has 0 aliphatic rings. The van der Waals surface area contributed by atoms with Crippen molar-refractivity contribution in [3.05, 3.63) is 34.3 Å². The number of oxazole rings is 1. The van der Waals surface area contributed by atoms with Gasteiger partial charge in [-0.2, -0.15) is 0 Å². The molecule has 2 N–H and O–H groups in total. The number of fused-ring (bicyclic) bond motifs is 1. The normalized spacial score (nSPS) is 12.6. The fourth-order valence-corrected chi connectivity index (χ4v) is 1.85. The summed E-state index contributed by atoms with van der Waals surface area (Å²) in [6.45, 7) is 1.24. The van der Waals surface area contributed by atoms with Crippen molar-refractivity contribution in [3.8, 4) is 0 Å². The molecule has 0 fully saturated rings. The molecule has 1 heterocycles. The van der Waals surface area contributed by atoms with E-state index in [9.17, 15) is 14.7 Å². The van der Waals surface area contributed by atoms with E-state index in [1.165, 1.54) is 11.8 Å². The van der Waals surface area contributed by atoms with Crippen molar-refractivity contribution in [2.75, 3.05) is 13.7 Å². The van der Waals surface area contributed by atoms with Gasteiger partial charge in [0.15, 0.2) is 5.58 Å². The summed E-state index contributed by atoms with van der Waals surface area (Å²) in [6, 6.07) is 4.62.